The number of likely N-dealkylation sites (N-methyl/N-ethyl adjacent to an activating group) is 1. The van der Waals surface area contributed by atoms with Crippen LogP contribution in [0, 0.1) is 0 Å². The molecule has 318 valence electrons. The van der Waals surface area contributed by atoms with Crippen LogP contribution in [0.3, 0.4) is 0 Å². The molecule has 0 fully saturated rings. The molecule has 0 bridgehead atoms. The SMILES string of the molecule is [2H]C([2H])([2H])[N+](CCOP(=O)([O-])OC[C@@H](COC(=O)CCCCCCC/C=C\CCCCCCCC)OC(=O)CCCCCCC/C=C\CCCCCCCC)(C([2H])([2H])[2H])C([2H])([2H])[2H]. The van der Waals surface area contributed by atoms with Crippen molar-refractivity contribution >= 4 is 19.8 Å². The van der Waals surface area contributed by atoms with Gasteiger partial charge in [0.25, 0.3) is 7.82 Å². The maximum absolute atomic E-state index is 12.8. The van der Waals surface area contributed by atoms with Gasteiger partial charge in [0, 0.05) is 12.8 Å². The van der Waals surface area contributed by atoms with Gasteiger partial charge in [0.05, 0.1) is 39.9 Å². The summed E-state index contributed by atoms with van der Waals surface area (Å²) in [6.45, 7) is -10.1. The molecule has 0 saturated heterocycles. The Bertz CT molecular complexity index is 1240. The van der Waals surface area contributed by atoms with Gasteiger partial charge in [0.1, 0.15) is 19.8 Å². The molecule has 0 heterocycles. The molecule has 2 atom stereocenters. The van der Waals surface area contributed by atoms with Gasteiger partial charge in [0.2, 0.25) is 0 Å². The number of phosphoric acid groups is 1. The van der Waals surface area contributed by atoms with E-state index < -0.39 is 77.6 Å². The smallest absolute Gasteiger partial charge is 0.306 e. The summed E-state index contributed by atoms with van der Waals surface area (Å²) < 4.78 is 99.9. The number of esters is 2. The average molecular weight is 795 g/mol. The Labute approximate surface area is 345 Å². The van der Waals surface area contributed by atoms with Crippen molar-refractivity contribution in [3.05, 3.63) is 24.3 Å². The molecule has 1 unspecified atom stereocenters. The first-order valence-corrected chi connectivity index (χ1v) is 22.8. The summed E-state index contributed by atoms with van der Waals surface area (Å²) in [6, 6.07) is 0. The molecule has 0 saturated carbocycles. The van der Waals surface area contributed by atoms with Crippen LogP contribution >= 0.6 is 7.82 Å². The number of quaternary nitrogens is 1. The van der Waals surface area contributed by atoms with Crippen molar-refractivity contribution in [3.8, 4) is 0 Å². The van der Waals surface area contributed by atoms with Gasteiger partial charge in [-0.25, -0.2) is 0 Å². The number of hydrogen-bond acceptors (Lipinski definition) is 8. The van der Waals surface area contributed by atoms with Crippen LogP contribution in [0.5, 0.6) is 0 Å². The Hall–Kier alpha value is -1.51. The van der Waals surface area contributed by atoms with Gasteiger partial charge in [-0.1, -0.05) is 141 Å². The number of ether oxygens (including phenoxy) is 2. The molecule has 0 radical (unpaired) electrons. The predicted molar refractivity (Wildman–Crippen MR) is 222 cm³/mol. The molecule has 10 heteroatoms. The van der Waals surface area contributed by atoms with Gasteiger partial charge in [0.15, 0.2) is 6.10 Å². The van der Waals surface area contributed by atoms with Crippen molar-refractivity contribution in [1.82, 2.24) is 0 Å². The lowest BCUT2D eigenvalue weighted by atomic mass is 10.1. The number of carbonyl (C=O) groups is 2. The van der Waals surface area contributed by atoms with E-state index in [1.807, 2.05) is 0 Å². The van der Waals surface area contributed by atoms with Gasteiger partial charge in [-0.05, 0) is 64.2 Å². The summed E-state index contributed by atoms with van der Waals surface area (Å²) in [7, 11) is -5.33. The Balaban J connectivity index is 4.98. The molecule has 0 aliphatic rings. The number of nitrogens with zero attached hydrogens (tertiary/aromatic N) is 1. The molecule has 0 aliphatic carbocycles. The van der Waals surface area contributed by atoms with Crippen molar-refractivity contribution < 1.29 is 54.4 Å². The number of rotatable bonds is 40. The Morgan fingerprint density at radius 2 is 1.00 bits per heavy atom. The van der Waals surface area contributed by atoms with E-state index in [-0.39, 0.29) is 12.8 Å². The molecule has 9 nitrogen and oxygen atoms in total. The molecule has 0 aromatic heterocycles. The lowest BCUT2D eigenvalue weighted by Crippen LogP contribution is -2.37. The highest BCUT2D eigenvalue weighted by atomic mass is 31.2. The maximum atomic E-state index is 12.8. The number of phosphoric ester groups is 1. The molecule has 0 aromatic carbocycles. The van der Waals surface area contributed by atoms with Gasteiger partial charge in [-0.2, -0.15) is 0 Å². The van der Waals surface area contributed by atoms with Gasteiger partial charge < -0.3 is 27.9 Å². The van der Waals surface area contributed by atoms with E-state index in [4.69, 9.17) is 30.9 Å². The van der Waals surface area contributed by atoms with Crippen LogP contribution in [0.4, 0.5) is 0 Å². The third kappa shape index (κ3) is 40.2. The largest absolute Gasteiger partial charge is 0.756 e. The van der Waals surface area contributed by atoms with Crippen molar-refractivity contribution in [2.45, 2.75) is 200 Å². The van der Waals surface area contributed by atoms with Crippen LogP contribution in [0.1, 0.15) is 206 Å². The molecular weight excluding hydrogens is 701 g/mol. The zero-order chi connectivity index (χ0) is 47.5. The summed E-state index contributed by atoms with van der Waals surface area (Å²) in [4.78, 5) is 38.0. The first-order chi connectivity index (χ1) is 29.7. The van der Waals surface area contributed by atoms with E-state index in [1.54, 1.807) is 0 Å². The van der Waals surface area contributed by atoms with E-state index in [0.29, 0.717) is 12.8 Å². The van der Waals surface area contributed by atoms with Gasteiger partial charge in [-0.3, -0.25) is 14.2 Å². The Morgan fingerprint density at radius 1 is 0.593 bits per heavy atom. The van der Waals surface area contributed by atoms with Crippen LogP contribution in [0.2, 0.25) is 0 Å². The second-order valence-corrected chi connectivity index (χ2v) is 16.0. The summed E-state index contributed by atoms with van der Waals surface area (Å²) >= 11 is 0. The van der Waals surface area contributed by atoms with E-state index in [0.717, 1.165) is 77.0 Å². The third-order valence-electron chi connectivity index (χ3n) is 9.11. The highest BCUT2D eigenvalue weighted by Gasteiger charge is 2.21. The fourth-order valence-corrected chi connectivity index (χ4v) is 6.53. The summed E-state index contributed by atoms with van der Waals surface area (Å²) in [5.74, 6) is -1.20. The fourth-order valence-electron chi connectivity index (χ4n) is 5.80. The molecule has 0 N–H and O–H groups in total. The predicted octanol–water partition coefficient (Wildman–Crippen LogP) is 11.7. The minimum Gasteiger partial charge on any atom is -0.756 e. The number of unbranched alkanes of at least 4 members (excludes halogenated alkanes) is 22. The van der Waals surface area contributed by atoms with Gasteiger partial charge >= 0.3 is 11.9 Å². The van der Waals surface area contributed by atoms with Gasteiger partial charge in [-0.15, -0.1) is 0 Å². The lowest BCUT2D eigenvalue weighted by molar-refractivity contribution is -0.870. The van der Waals surface area contributed by atoms with E-state index >= 15 is 0 Å². The standard InChI is InChI=1S/C44H84NO8P/c1-6-8-10-12-14-16-18-20-22-24-26-28-30-32-34-36-43(46)50-40-42(41-52-54(48,49)51-39-38-45(3,4)5)53-44(47)37-35-33-31-29-27-25-23-21-19-17-15-13-11-9-7-2/h20-23,42H,6-19,24-41H2,1-5H3/b22-20-,23-21-/t42-/m1/s1/i3D3,4D3,5D3. The van der Waals surface area contributed by atoms with Crippen LogP contribution in [0.15, 0.2) is 24.3 Å². The summed E-state index contributed by atoms with van der Waals surface area (Å²) in [5.41, 5.74) is 0. The average Bonchev–Trinajstić information content (AvgIpc) is 3.19. The first kappa shape index (κ1) is 38.0. The zero-order valence-electron chi connectivity index (χ0n) is 43.2. The summed E-state index contributed by atoms with van der Waals surface area (Å²) in [6.07, 6.45) is 36.4. The normalized spacial score (nSPS) is 17.0. The van der Waals surface area contributed by atoms with E-state index in [1.165, 1.54) is 77.0 Å². The highest BCUT2D eigenvalue weighted by Crippen LogP contribution is 2.38. The molecule has 54 heavy (non-hydrogen) atoms. The van der Waals surface area contributed by atoms with Crippen molar-refractivity contribution in [3.63, 3.8) is 0 Å². The number of allylic oxidation sites excluding steroid dienone is 4. The number of carbonyl (C=O) groups excluding carboxylic acids is 2. The fraction of sp³-hybridized carbons (Fsp3) is 0.864. The van der Waals surface area contributed by atoms with E-state index in [9.17, 15) is 19.0 Å². The quantitative estimate of drug-likeness (QED) is 0.0198. The monoisotopic (exact) mass is 795 g/mol. The molecular formula is C44H84NO8P. The zero-order valence-corrected chi connectivity index (χ0v) is 35.1. The Morgan fingerprint density at radius 3 is 1.44 bits per heavy atom. The third-order valence-corrected chi connectivity index (χ3v) is 10.1. The van der Waals surface area contributed by atoms with Crippen LogP contribution < -0.4 is 4.89 Å². The minimum absolute atomic E-state index is 0.0441. The van der Waals surface area contributed by atoms with Crippen molar-refractivity contribution in [2.24, 2.45) is 0 Å². The molecule has 0 aromatic rings. The molecule has 0 rings (SSSR count). The first-order valence-electron chi connectivity index (χ1n) is 25.9. The molecule has 0 spiro atoms. The lowest BCUT2D eigenvalue weighted by Gasteiger charge is -2.28. The minimum atomic E-state index is -5.33. The second kappa shape index (κ2) is 37.1. The summed E-state index contributed by atoms with van der Waals surface area (Å²) in [5, 5.41) is 0. The van der Waals surface area contributed by atoms with E-state index in [2.05, 4.69) is 38.2 Å². The van der Waals surface area contributed by atoms with Crippen LogP contribution in [0.25, 0.3) is 0 Å². The maximum Gasteiger partial charge on any atom is 0.306 e. The van der Waals surface area contributed by atoms with Crippen LogP contribution in [-0.2, 0) is 32.7 Å². The van der Waals surface area contributed by atoms with Crippen LogP contribution in [-0.4, -0.2) is 69.8 Å². The highest BCUT2D eigenvalue weighted by molar-refractivity contribution is 7.45. The Kier molecular flexibility index (Phi) is 26.1. The molecule has 0 amide bonds. The number of hydrogen-bond donors (Lipinski definition) is 0. The van der Waals surface area contributed by atoms with Crippen molar-refractivity contribution in [2.75, 3.05) is 47.3 Å². The second-order valence-electron chi connectivity index (χ2n) is 14.6. The van der Waals surface area contributed by atoms with Crippen molar-refractivity contribution in [1.29, 1.82) is 0 Å². The molecule has 0 aliphatic heterocycles. The topological polar surface area (TPSA) is 111 Å².